The van der Waals surface area contributed by atoms with Crippen molar-refractivity contribution in [3.8, 4) is 5.75 Å². The molecule has 0 spiro atoms. The van der Waals surface area contributed by atoms with Crippen LogP contribution in [0.5, 0.6) is 5.75 Å². The van der Waals surface area contributed by atoms with Crippen LogP contribution in [-0.2, 0) is 16.3 Å². The Bertz CT molecular complexity index is 1220. The van der Waals surface area contributed by atoms with Crippen LogP contribution in [0.3, 0.4) is 0 Å². The Morgan fingerprint density at radius 3 is 2.39 bits per heavy atom. The average Bonchev–Trinajstić information content (AvgIpc) is 2.79. The average molecular weight is 442 g/mol. The second kappa shape index (κ2) is 8.75. The molecule has 0 bridgehead atoms. The van der Waals surface area contributed by atoms with Gasteiger partial charge in [0.2, 0.25) is 9.84 Å². The first-order valence-electron chi connectivity index (χ1n) is 9.36. The lowest BCUT2D eigenvalue weighted by atomic mass is 9.92. The molecular formula is C22H23N3O5S. The van der Waals surface area contributed by atoms with Crippen molar-refractivity contribution in [3.63, 3.8) is 0 Å². The molecule has 0 saturated heterocycles. The molecule has 0 aliphatic heterocycles. The fourth-order valence-corrected chi connectivity index (χ4v) is 5.29. The van der Waals surface area contributed by atoms with Crippen molar-refractivity contribution in [2.45, 2.75) is 30.1 Å². The number of sulfone groups is 1. The molecule has 2 aromatic carbocycles. The van der Waals surface area contributed by atoms with Gasteiger partial charge in [0, 0.05) is 24.5 Å². The Kier molecular flexibility index (Phi) is 6.28. The van der Waals surface area contributed by atoms with Gasteiger partial charge in [-0.15, -0.1) is 0 Å². The number of amides is 1. The molecule has 1 heterocycles. The molecule has 1 amide bonds. The lowest BCUT2D eigenvalue weighted by Gasteiger charge is -2.21. The number of anilines is 1. The van der Waals surface area contributed by atoms with Gasteiger partial charge < -0.3 is 10.5 Å². The van der Waals surface area contributed by atoms with E-state index in [1.165, 1.54) is 31.4 Å². The van der Waals surface area contributed by atoms with E-state index in [0.29, 0.717) is 23.3 Å². The Balaban J connectivity index is 2.28. The summed E-state index contributed by atoms with van der Waals surface area (Å²) in [6.45, 7) is 3.16. The summed E-state index contributed by atoms with van der Waals surface area (Å²) in [4.78, 5) is 16.4. The van der Waals surface area contributed by atoms with Gasteiger partial charge >= 0.3 is 0 Å². The number of carbonyl (C=O) groups excluding carboxylic acids is 1. The number of hydrogen-bond donors (Lipinski definition) is 3. The van der Waals surface area contributed by atoms with E-state index in [2.05, 4.69) is 4.98 Å². The first kappa shape index (κ1) is 22.3. The number of benzene rings is 2. The van der Waals surface area contributed by atoms with Crippen molar-refractivity contribution in [1.82, 2.24) is 10.5 Å². The molecule has 4 N–H and O–H groups in total. The number of nitrogens with two attached hydrogens (primary N) is 1. The summed E-state index contributed by atoms with van der Waals surface area (Å²) in [6.07, 6.45) is 3.66. The standard InChI is InChI=1S/C22H23N3O5S/c1-13-18(11-15-5-4-10-24-12-15)20(23)14(2)21(19(13)22(26)25-27)31(28,29)17-8-6-16(30-3)7-9-17/h4-10,12,27H,11,23H2,1-3H3,(H,25,26). The second-order valence-electron chi connectivity index (χ2n) is 7.00. The molecule has 8 nitrogen and oxygen atoms in total. The van der Waals surface area contributed by atoms with Crippen LogP contribution >= 0.6 is 0 Å². The van der Waals surface area contributed by atoms with Crippen LogP contribution < -0.4 is 16.0 Å². The van der Waals surface area contributed by atoms with Crippen molar-refractivity contribution < 1.29 is 23.2 Å². The van der Waals surface area contributed by atoms with Crippen LogP contribution in [0, 0.1) is 13.8 Å². The molecule has 0 aliphatic rings. The number of hydrogen-bond acceptors (Lipinski definition) is 7. The Morgan fingerprint density at radius 2 is 1.84 bits per heavy atom. The number of ether oxygens (including phenoxy) is 1. The van der Waals surface area contributed by atoms with E-state index in [1.807, 2.05) is 6.07 Å². The molecule has 0 saturated carbocycles. The minimum atomic E-state index is -4.13. The quantitative estimate of drug-likeness (QED) is 0.304. The number of rotatable bonds is 6. The maximum absolute atomic E-state index is 13.5. The summed E-state index contributed by atoms with van der Waals surface area (Å²) in [5.41, 5.74) is 10.1. The number of nitrogens with zero attached hydrogens (tertiary/aromatic N) is 1. The fraction of sp³-hybridized carbons (Fsp3) is 0.182. The third-order valence-corrected chi connectivity index (χ3v) is 7.14. The molecular weight excluding hydrogens is 418 g/mol. The van der Waals surface area contributed by atoms with E-state index in [-0.39, 0.29) is 26.6 Å². The predicted octanol–water partition coefficient (Wildman–Crippen LogP) is 2.83. The minimum Gasteiger partial charge on any atom is -0.497 e. The monoisotopic (exact) mass is 441 g/mol. The molecule has 31 heavy (non-hydrogen) atoms. The van der Waals surface area contributed by atoms with Gasteiger partial charge in [0.05, 0.1) is 22.5 Å². The molecule has 9 heteroatoms. The number of carbonyl (C=O) groups is 1. The zero-order valence-electron chi connectivity index (χ0n) is 17.3. The third-order valence-electron chi connectivity index (χ3n) is 5.20. The number of nitrogens with one attached hydrogen (secondary N) is 1. The van der Waals surface area contributed by atoms with Gasteiger partial charge in [0.15, 0.2) is 0 Å². The van der Waals surface area contributed by atoms with Crippen LogP contribution in [0.25, 0.3) is 0 Å². The largest absolute Gasteiger partial charge is 0.497 e. The van der Waals surface area contributed by atoms with Gasteiger partial charge in [-0.3, -0.25) is 15.0 Å². The molecule has 0 aliphatic carbocycles. The lowest BCUT2D eigenvalue weighted by molar-refractivity contribution is 0.0701. The van der Waals surface area contributed by atoms with Gasteiger partial charge in [-0.1, -0.05) is 6.07 Å². The van der Waals surface area contributed by atoms with E-state index in [4.69, 9.17) is 10.5 Å². The SMILES string of the molecule is COc1ccc(S(=O)(=O)c2c(C)c(N)c(Cc3cccnc3)c(C)c2C(=O)NO)cc1. The molecule has 0 fully saturated rings. The second-order valence-corrected chi connectivity index (χ2v) is 8.89. The van der Waals surface area contributed by atoms with Crippen LogP contribution in [0.2, 0.25) is 0 Å². The maximum atomic E-state index is 13.5. The van der Waals surface area contributed by atoms with Gasteiger partial charge in [0.1, 0.15) is 5.75 Å². The van der Waals surface area contributed by atoms with Crippen LogP contribution in [0.15, 0.2) is 58.6 Å². The zero-order chi connectivity index (χ0) is 22.8. The Hall–Kier alpha value is -3.43. The molecule has 0 unspecified atom stereocenters. The van der Waals surface area contributed by atoms with Crippen molar-refractivity contribution >= 4 is 21.4 Å². The third kappa shape index (κ3) is 4.10. The van der Waals surface area contributed by atoms with Crippen LogP contribution in [0.1, 0.15) is 32.6 Å². The smallest absolute Gasteiger partial charge is 0.276 e. The first-order valence-corrected chi connectivity index (χ1v) is 10.8. The highest BCUT2D eigenvalue weighted by molar-refractivity contribution is 7.91. The summed E-state index contributed by atoms with van der Waals surface area (Å²) < 4.78 is 32.1. The number of nitrogen functional groups attached to an aromatic ring is 1. The van der Waals surface area contributed by atoms with Crippen molar-refractivity contribution in [1.29, 1.82) is 0 Å². The van der Waals surface area contributed by atoms with Crippen LogP contribution in [0.4, 0.5) is 5.69 Å². The highest BCUT2D eigenvalue weighted by Gasteiger charge is 2.31. The van der Waals surface area contributed by atoms with Crippen molar-refractivity contribution in [2.24, 2.45) is 0 Å². The van der Waals surface area contributed by atoms with Gasteiger partial charge in [-0.2, -0.15) is 0 Å². The summed E-state index contributed by atoms with van der Waals surface area (Å²) in [5, 5.41) is 9.33. The number of pyridine rings is 1. The highest BCUT2D eigenvalue weighted by Crippen LogP contribution is 2.37. The van der Waals surface area contributed by atoms with Crippen molar-refractivity contribution in [2.75, 3.05) is 12.8 Å². The number of aromatic nitrogens is 1. The predicted molar refractivity (Wildman–Crippen MR) is 115 cm³/mol. The zero-order valence-corrected chi connectivity index (χ0v) is 18.2. The number of methoxy groups -OCH3 is 1. The summed E-state index contributed by atoms with van der Waals surface area (Å²) in [7, 11) is -2.66. The molecule has 0 atom stereocenters. The molecule has 0 radical (unpaired) electrons. The van der Waals surface area contributed by atoms with E-state index in [9.17, 15) is 18.4 Å². The Labute approximate surface area is 180 Å². The van der Waals surface area contributed by atoms with E-state index >= 15 is 0 Å². The summed E-state index contributed by atoms with van der Waals surface area (Å²) >= 11 is 0. The number of hydroxylamine groups is 1. The lowest BCUT2D eigenvalue weighted by Crippen LogP contribution is -2.25. The van der Waals surface area contributed by atoms with Gasteiger partial charge in [0.25, 0.3) is 5.91 Å². The van der Waals surface area contributed by atoms with E-state index in [0.717, 1.165) is 5.56 Å². The van der Waals surface area contributed by atoms with E-state index < -0.39 is 15.7 Å². The fourth-order valence-electron chi connectivity index (χ4n) is 3.53. The molecule has 3 aromatic rings. The Morgan fingerprint density at radius 1 is 1.16 bits per heavy atom. The topological polar surface area (TPSA) is 132 Å². The first-order chi connectivity index (χ1) is 14.7. The molecule has 162 valence electrons. The summed E-state index contributed by atoms with van der Waals surface area (Å²) in [5.74, 6) is -0.438. The maximum Gasteiger partial charge on any atom is 0.276 e. The van der Waals surface area contributed by atoms with Crippen molar-refractivity contribution in [3.05, 3.63) is 76.6 Å². The highest BCUT2D eigenvalue weighted by atomic mass is 32.2. The van der Waals surface area contributed by atoms with Gasteiger partial charge in [-0.25, -0.2) is 13.9 Å². The van der Waals surface area contributed by atoms with Gasteiger partial charge in [-0.05, 0) is 66.4 Å². The molecule has 3 rings (SSSR count). The van der Waals surface area contributed by atoms with Crippen LogP contribution in [-0.4, -0.2) is 31.6 Å². The summed E-state index contributed by atoms with van der Waals surface area (Å²) in [6, 6.07) is 9.45. The minimum absolute atomic E-state index is 0.0257. The molecule has 1 aromatic heterocycles. The normalized spacial score (nSPS) is 11.2. The van der Waals surface area contributed by atoms with E-state index in [1.54, 1.807) is 37.8 Å².